The van der Waals surface area contributed by atoms with Crippen LogP contribution in [0, 0.1) is 0 Å². The Labute approximate surface area is 116 Å². The molecule has 2 aromatic heterocycles. The summed E-state index contributed by atoms with van der Waals surface area (Å²) < 4.78 is 5.30. The van der Waals surface area contributed by atoms with Crippen LogP contribution in [0.25, 0.3) is 23.0 Å². The summed E-state index contributed by atoms with van der Waals surface area (Å²) in [6.07, 6.45) is 1.60. The van der Waals surface area contributed by atoms with Crippen LogP contribution in [-0.4, -0.2) is 15.2 Å². The maximum Gasteiger partial charge on any atom is 0.197 e. The van der Waals surface area contributed by atoms with E-state index in [0.717, 1.165) is 5.56 Å². The minimum atomic E-state index is 0.432. The zero-order valence-electron chi connectivity index (χ0n) is 11.4. The molecule has 0 fully saturated rings. The molecule has 102 valence electrons. The van der Waals surface area contributed by atoms with E-state index in [-0.39, 0.29) is 0 Å². The molecule has 0 amide bonds. The largest absolute Gasteiger partial charge is 0.461 e. The van der Waals surface area contributed by atoms with Crippen molar-refractivity contribution in [1.82, 2.24) is 15.2 Å². The van der Waals surface area contributed by atoms with Crippen LogP contribution in [0.2, 0.25) is 0 Å². The van der Waals surface area contributed by atoms with Crippen molar-refractivity contribution >= 4 is 5.69 Å². The third-order valence-electron chi connectivity index (χ3n) is 3.24. The topological polar surface area (TPSA) is 80.7 Å². The van der Waals surface area contributed by atoms with Crippen LogP contribution in [0.5, 0.6) is 0 Å². The lowest BCUT2D eigenvalue weighted by molar-refractivity contribution is 0.577. The lowest BCUT2D eigenvalue weighted by atomic mass is 9.99. The van der Waals surface area contributed by atoms with Gasteiger partial charge in [0.05, 0.1) is 6.26 Å². The van der Waals surface area contributed by atoms with E-state index in [0.29, 0.717) is 29.0 Å². The Morgan fingerprint density at radius 3 is 2.65 bits per heavy atom. The number of H-pyrrole nitrogens is 1. The van der Waals surface area contributed by atoms with Crippen LogP contribution >= 0.6 is 0 Å². The molecule has 0 unspecified atom stereocenters. The molecule has 2 heterocycles. The molecule has 3 aromatic rings. The highest BCUT2D eigenvalue weighted by molar-refractivity contribution is 5.73. The quantitative estimate of drug-likeness (QED) is 0.713. The SMILES string of the molecule is CC(C)c1ccc(N)c(-c2nnc(-c3ccco3)[nH]2)c1. The summed E-state index contributed by atoms with van der Waals surface area (Å²) in [6.45, 7) is 4.29. The van der Waals surface area contributed by atoms with Crippen molar-refractivity contribution in [2.45, 2.75) is 19.8 Å². The number of nitrogens with zero attached hydrogens (tertiary/aromatic N) is 2. The number of benzene rings is 1. The van der Waals surface area contributed by atoms with Crippen LogP contribution in [0.15, 0.2) is 41.0 Å². The fourth-order valence-electron chi connectivity index (χ4n) is 2.05. The first-order chi connectivity index (χ1) is 9.65. The van der Waals surface area contributed by atoms with Gasteiger partial charge in [-0.15, -0.1) is 10.2 Å². The van der Waals surface area contributed by atoms with E-state index in [1.807, 2.05) is 30.3 Å². The molecule has 0 aliphatic heterocycles. The molecule has 0 saturated carbocycles. The minimum Gasteiger partial charge on any atom is -0.461 e. The second kappa shape index (κ2) is 4.85. The summed E-state index contributed by atoms with van der Waals surface area (Å²) >= 11 is 0. The highest BCUT2D eigenvalue weighted by atomic mass is 16.3. The molecule has 0 spiro atoms. The Morgan fingerprint density at radius 1 is 1.15 bits per heavy atom. The summed E-state index contributed by atoms with van der Waals surface area (Å²) in [6, 6.07) is 9.63. The van der Waals surface area contributed by atoms with Crippen molar-refractivity contribution in [2.24, 2.45) is 0 Å². The molecular formula is C15H16N4O. The molecule has 5 nitrogen and oxygen atoms in total. The lowest BCUT2D eigenvalue weighted by Gasteiger charge is -2.08. The number of aromatic nitrogens is 3. The maximum absolute atomic E-state index is 6.04. The van der Waals surface area contributed by atoms with E-state index in [2.05, 4.69) is 29.0 Å². The first-order valence-electron chi connectivity index (χ1n) is 6.51. The second-order valence-electron chi connectivity index (χ2n) is 5.00. The van der Waals surface area contributed by atoms with Crippen LogP contribution in [0.4, 0.5) is 5.69 Å². The van der Waals surface area contributed by atoms with Gasteiger partial charge >= 0.3 is 0 Å². The molecule has 3 rings (SSSR count). The minimum absolute atomic E-state index is 0.432. The summed E-state index contributed by atoms with van der Waals surface area (Å²) in [5, 5.41) is 8.25. The van der Waals surface area contributed by atoms with Crippen molar-refractivity contribution in [1.29, 1.82) is 0 Å². The van der Waals surface area contributed by atoms with Gasteiger partial charge in [0, 0.05) is 11.3 Å². The van der Waals surface area contributed by atoms with Gasteiger partial charge < -0.3 is 15.1 Å². The lowest BCUT2D eigenvalue weighted by Crippen LogP contribution is -1.95. The van der Waals surface area contributed by atoms with Gasteiger partial charge in [-0.25, -0.2) is 0 Å². The average Bonchev–Trinajstić information content (AvgIpc) is 3.10. The van der Waals surface area contributed by atoms with Gasteiger partial charge in [0.2, 0.25) is 0 Å². The van der Waals surface area contributed by atoms with Gasteiger partial charge in [-0.1, -0.05) is 19.9 Å². The standard InChI is InChI=1S/C15H16N4O/c1-9(2)10-5-6-12(16)11(8-10)14-17-15(19-18-14)13-4-3-7-20-13/h3-9H,16H2,1-2H3,(H,17,18,19). The predicted molar refractivity (Wildman–Crippen MR) is 78.0 cm³/mol. The molecule has 0 atom stereocenters. The number of aromatic amines is 1. The molecule has 0 aliphatic carbocycles. The third kappa shape index (κ3) is 2.18. The molecule has 0 saturated heterocycles. The van der Waals surface area contributed by atoms with Crippen LogP contribution < -0.4 is 5.73 Å². The van der Waals surface area contributed by atoms with Gasteiger partial charge in [0.15, 0.2) is 17.4 Å². The smallest absolute Gasteiger partial charge is 0.197 e. The van der Waals surface area contributed by atoms with Gasteiger partial charge in [-0.05, 0) is 35.7 Å². The number of furan rings is 1. The average molecular weight is 268 g/mol. The van der Waals surface area contributed by atoms with Gasteiger partial charge in [-0.3, -0.25) is 0 Å². The number of rotatable bonds is 3. The Kier molecular flexibility index (Phi) is 3.02. The molecule has 20 heavy (non-hydrogen) atoms. The number of nitrogens with one attached hydrogen (secondary N) is 1. The summed E-state index contributed by atoms with van der Waals surface area (Å²) in [5.41, 5.74) is 8.79. The van der Waals surface area contributed by atoms with E-state index >= 15 is 0 Å². The zero-order valence-corrected chi connectivity index (χ0v) is 11.4. The van der Waals surface area contributed by atoms with Crippen molar-refractivity contribution in [3.05, 3.63) is 42.2 Å². The first-order valence-corrected chi connectivity index (χ1v) is 6.51. The highest BCUT2D eigenvalue weighted by Crippen LogP contribution is 2.28. The summed E-state index contributed by atoms with van der Waals surface area (Å²) in [7, 11) is 0. The molecule has 1 aromatic carbocycles. The number of hydrogen-bond acceptors (Lipinski definition) is 4. The molecule has 0 aliphatic rings. The number of anilines is 1. The first kappa shape index (κ1) is 12.5. The molecule has 0 bridgehead atoms. The Bertz CT molecular complexity index is 713. The Balaban J connectivity index is 2.03. The van der Waals surface area contributed by atoms with E-state index in [1.165, 1.54) is 5.56 Å². The van der Waals surface area contributed by atoms with Crippen LogP contribution in [-0.2, 0) is 0 Å². The second-order valence-corrected chi connectivity index (χ2v) is 5.00. The fraction of sp³-hybridized carbons (Fsp3) is 0.200. The van der Waals surface area contributed by atoms with Crippen molar-refractivity contribution in [2.75, 3.05) is 5.73 Å². The van der Waals surface area contributed by atoms with E-state index in [9.17, 15) is 0 Å². The predicted octanol–water partition coefficient (Wildman–Crippen LogP) is 3.44. The summed E-state index contributed by atoms with van der Waals surface area (Å²) in [4.78, 5) is 3.14. The molecule has 3 N–H and O–H groups in total. The summed E-state index contributed by atoms with van der Waals surface area (Å²) in [5.74, 6) is 2.33. The third-order valence-corrected chi connectivity index (χ3v) is 3.24. The van der Waals surface area contributed by atoms with Gasteiger partial charge in [0.25, 0.3) is 0 Å². The fourth-order valence-corrected chi connectivity index (χ4v) is 2.05. The molecular weight excluding hydrogens is 252 g/mol. The highest BCUT2D eigenvalue weighted by Gasteiger charge is 2.12. The van der Waals surface area contributed by atoms with E-state index < -0.39 is 0 Å². The van der Waals surface area contributed by atoms with E-state index in [1.54, 1.807) is 6.26 Å². The van der Waals surface area contributed by atoms with Crippen LogP contribution in [0.3, 0.4) is 0 Å². The van der Waals surface area contributed by atoms with Crippen molar-refractivity contribution < 1.29 is 4.42 Å². The Hall–Kier alpha value is -2.56. The van der Waals surface area contributed by atoms with Crippen molar-refractivity contribution in [3.8, 4) is 23.0 Å². The Morgan fingerprint density at radius 2 is 1.95 bits per heavy atom. The maximum atomic E-state index is 6.04. The van der Waals surface area contributed by atoms with Gasteiger partial charge in [-0.2, -0.15) is 0 Å². The number of hydrogen-bond donors (Lipinski definition) is 2. The number of nitrogens with two attached hydrogens (primary N) is 1. The van der Waals surface area contributed by atoms with Crippen LogP contribution in [0.1, 0.15) is 25.3 Å². The van der Waals surface area contributed by atoms with Crippen molar-refractivity contribution in [3.63, 3.8) is 0 Å². The normalized spacial score (nSPS) is 11.2. The van der Waals surface area contributed by atoms with Gasteiger partial charge in [0.1, 0.15) is 0 Å². The van der Waals surface area contributed by atoms with E-state index in [4.69, 9.17) is 10.2 Å². The molecule has 5 heteroatoms. The number of nitrogen functional groups attached to an aromatic ring is 1. The monoisotopic (exact) mass is 268 g/mol. The molecule has 0 radical (unpaired) electrons. The zero-order chi connectivity index (χ0) is 14.1.